The highest BCUT2D eigenvalue weighted by atomic mass is 32.2. The van der Waals surface area contributed by atoms with Gasteiger partial charge in [-0.05, 0) is 84.4 Å². The molecule has 0 saturated carbocycles. The topological polar surface area (TPSA) is 229 Å². The van der Waals surface area contributed by atoms with Crippen molar-refractivity contribution in [1.29, 1.82) is 0 Å². The number of anilines is 1. The molecule has 0 aliphatic rings. The SMILES string of the molecule is C=NC(=NC)NCc1cccc(CN=C(N)N=C(N)Nc2ccc(N=Nc3ccc(N=Nc4ccc(CC)cc4)cc3S(=O)(=O)O)cc2)c1. The number of hydrogen-bond acceptors (Lipinski definition) is 8. The van der Waals surface area contributed by atoms with Gasteiger partial charge in [-0.25, -0.2) is 9.98 Å². The van der Waals surface area contributed by atoms with Crippen molar-refractivity contribution in [3.63, 3.8) is 0 Å². The molecule has 0 aliphatic carbocycles. The summed E-state index contributed by atoms with van der Waals surface area (Å²) in [7, 11) is -3.01. The van der Waals surface area contributed by atoms with Crippen LogP contribution in [0.1, 0.15) is 23.6 Å². The van der Waals surface area contributed by atoms with Crippen LogP contribution < -0.4 is 22.1 Å². The Bertz CT molecular complexity index is 2020. The molecule has 4 rings (SSSR count). The van der Waals surface area contributed by atoms with Gasteiger partial charge in [-0.3, -0.25) is 9.55 Å². The molecule has 49 heavy (non-hydrogen) atoms. The van der Waals surface area contributed by atoms with Crippen molar-refractivity contribution in [3.8, 4) is 0 Å². The molecule has 0 atom stereocenters. The van der Waals surface area contributed by atoms with E-state index in [4.69, 9.17) is 11.5 Å². The molecule has 0 aromatic heterocycles. The third-order valence-electron chi connectivity index (χ3n) is 6.72. The standard InChI is InChI=1S/C33H36N12O3S/c1-4-22-8-10-26(11-9-22)42-44-28-16-17-29(30(19-28)49(46,47)48)45-43-27-14-12-25(13-15-27)40-32(35)41-31(34)38-20-23-6-5-7-24(18-23)21-39-33(36-2)37-3/h5-19H,2,4,20-21H2,1,3H3,(H,37,39)(H,46,47,48)(H5,34,35,38,40,41). The molecule has 0 amide bonds. The average Bonchev–Trinajstić information content (AvgIpc) is 3.10. The summed E-state index contributed by atoms with van der Waals surface area (Å²) >= 11 is 0. The molecular formula is C33H36N12O3S. The van der Waals surface area contributed by atoms with Crippen LogP contribution in [0.4, 0.5) is 28.4 Å². The molecule has 0 heterocycles. The zero-order chi connectivity index (χ0) is 35.2. The first-order chi connectivity index (χ1) is 23.6. The van der Waals surface area contributed by atoms with Crippen LogP contribution in [-0.4, -0.2) is 44.6 Å². The second kappa shape index (κ2) is 17.1. The van der Waals surface area contributed by atoms with Crippen molar-refractivity contribution in [2.45, 2.75) is 31.3 Å². The Morgan fingerprint density at radius 2 is 1.45 bits per heavy atom. The van der Waals surface area contributed by atoms with E-state index in [1.807, 2.05) is 55.5 Å². The maximum absolute atomic E-state index is 12.1. The van der Waals surface area contributed by atoms with Crippen molar-refractivity contribution < 1.29 is 13.0 Å². The van der Waals surface area contributed by atoms with Gasteiger partial charge >= 0.3 is 0 Å². The first-order valence-corrected chi connectivity index (χ1v) is 16.3. The van der Waals surface area contributed by atoms with E-state index in [0.717, 1.165) is 23.1 Å². The van der Waals surface area contributed by atoms with Gasteiger partial charge < -0.3 is 22.1 Å². The second-order valence-electron chi connectivity index (χ2n) is 10.3. The molecular weight excluding hydrogens is 645 g/mol. The summed E-state index contributed by atoms with van der Waals surface area (Å²) < 4.78 is 34.0. The predicted molar refractivity (Wildman–Crippen MR) is 194 cm³/mol. The van der Waals surface area contributed by atoms with Gasteiger partial charge in [0.05, 0.1) is 23.6 Å². The van der Waals surface area contributed by atoms with Gasteiger partial charge in [0, 0.05) is 19.3 Å². The molecule has 7 N–H and O–H groups in total. The number of rotatable bonds is 11. The minimum atomic E-state index is -4.64. The molecule has 4 aromatic rings. The third-order valence-corrected chi connectivity index (χ3v) is 7.60. The number of nitrogens with one attached hydrogen (secondary N) is 2. The summed E-state index contributed by atoms with van der Waals surface area (Å²) in [6.07, 6.45) is 0.893. The Morgan fingerprint density at radius 1 is 0.816 bits per heavy atom. The van der Waals surface area contributed by atoms with Gasteiger partial charge in [0.25, 0.3) is 10.1 Å². The Labute approximate surface area is 284 Å². The van der Waals surface area contributed by atoms with Gasteiger partial charge in [-0.2, -0.15) is 28.8 Å². The van der Waals surface area contributed by atoms with Crippen LogP contribution >= 0.6 is 0 Å². The molecule has 0 aliphatic heterocycles. The molecule has 0 unspecified atom stereocenters. The lowest BCUT2D eigenvalue weighted by Gasteiger charge is -2.07. The molecule has 0 bridgehead atoms. The molecule has 0 spiro atoms. The quantitative estimate of drug-likeness (QED) is 0.0521. The number of azo groups is 2. The van der Waals surface area contributed by atoms with E-state index in [1.165, 1.54) is 18.2 Å². The maximum Gasteiger partial charge on any atom is 0.296 e. The van der Waals surface area contributed by atoms with Crippen LogP contribution in [-0.2, 0) is 29.6 Å². The number of benzene rings is 4. The summed E-state index contributed by atoms with van der Waals surface area (Å²) in [5.74, 6) is 0.460. The fourth-order valence-electron chi connectivity index (χ4n) is 4.22. The Hall–Kier alpha value is -6.13. The van der Waals surface area contributed by atoms with Crippen molar-refractivity contribution in [2.24, 2.45) is 51.9 Å². The van der Waals surface area contributed by atoms with E-state index in [9.17, 15) is 13.0 Å². The monoisotopic (exact) mass is 680 g/mol. The number of nitrogens with zero attached hydrogens (tertiary/aromatic N) is 8. The van der Waals surface area contributed by atoms with Crippen LogP contribution in [0, 0.1) is 0 Å². The minimum absolute atomic E-state index is 0.0111. The van der Waals surface area contributed by atoms with Crippen molar-refractivity contribution in [2.75, 3.05) is 12.4 Å². The Morgan fingerprint density at radius 3 is 2.10 bits per heavy atom. The lowest BCUT2D eigenvalue weighted by Crippen LogP contribution is -2.26. The van der Waals surface area contributed by atoms with Crippen molar-refractivity contribution >= 4 is 63.2 Å². The van der Waals surface area contributed by atoms with E-state index in [0.29, 0.717) is 36.1 Å². The van der Waals surface area contributed by atoms with Gasteiger partial charge in [-0.1, -0.05) is 43.3 Å². The average molecular weight is 681 g/mol. The van der Waals surface area contributed by atoms with Gasteiger partial charge in [0.1, 0.15) is 10.6 Å². The Balaban J connectivity index is 1.37. The molecule has 16 heteroatoms. The van der Waals surface area contributed by atoms with E-state index >= 15 is 0 Å². The van der Waals surface area contributed by atoms with Crippen LogP contribution in [0.15, 0.2) is 136 Å². The van der Waals surface area contributed by atoms with Gasteiger partial charge in [0.2, 0.25) is 17.9 Å². The molecule has 15 nitrogen and oxygen atoms in total. The fourth-order valence-corrected chi connectivity index (χ4v) is 4.87. The summed E-state index contributed by atoms with van der Waals surface area (Å²) in [6.45, 7) is 6.33. The third kappa shape index (κ3) is 11.3. The van der Waals surface area contributed by atoms with E-state index in [2.05, 4.69) is 57.8 Å². The lowest BCUT2D eigenvalue weighted by molar-refractivity contribution is 0.483. The predicted octanol–water partition coefficient (Wildman–Crippen LogP) is 6.34. The maximum atomic E-state index is 12.1. The summed E-state index contributed by atoms with van der Waals surface area (Å²) in [5, 5.41) is 22.3. The second-order valence-corrected chi connectivity index (χ2v) is 11.7. The van der Waals surface area contributed by atoms with Crippen LogP contribution in [0.3, 0.4) is 0 Å². The first-order valence-electron chi connectivity index (χ1n) is 14.9. The number of nitrogens with two attached hydrogens (primary N) is 2. The Kier molecular flexibility index (Phi) is 12.5. The zero-order valence-electron chi connectivity index (χ0n) is 26.9. The smallest absolute Gasteiger partial charge is 0.296 e. The number of aryl methyl sites for hydroxylation is 1. The highest BCUT2D eigenvalue weighted by Crippen LogP contribution is 2.31. The number of guanidine groups is 3. The highest BCUT2D eigenvalue weighted by molar-refractivity contribution is 7.86. The normalized spacial score (nSPS) is 12.8. The minimum Gasteiger partial charge on any atom is -0.369 e. The van der Waals surface area contributed by atoms with E-state index in [-0.39, 0.29) is 23.3 Å². The zero-order valence-corrected chi connectivity index (χ0v) is 27.7. The van der Waals surface area contributed by atoms with Crippen molar-refractivity contribution in [1.82, 2.24) is 5.32 Å². The number of aliphatic imine (C=N–C) groups is 4. The first kappa shape index (κ1) is 35.7. The highest BCUT2D eigenvalue weighted by Gasteiger charge is 2.17. The summed E-state index contributed by atoms with van der Waals surface area (Å²) in [5.41, 5.74) is 16.8. The van der Waals surface area contributed by atoms with Crippen LogP contribution in [0.5, 0.6) is 0 Å². The molecule has 0 saturated heterocycles. The van der Waals surface area contributed by atoms with Gasteiger partial charge in [0.15, 0.2) is 0 Å². The van der Waals surface area contributed by atoms with Crippen LogP contribution in [0.2, 0.25) is 0 Å². The van der Waals surface area contributed by atoms with E-state index < -0.39 is 15.0 Å². The fraction of sp³-hybridized carbons (Fsp3) is 0.152. The van der Waals surface area contributed by atoms with Gasteiger partial charge in [-0.15, -0.1) is 5.11 Å². The summed E-state index contributed by atoms with van der Waals surface area (Å²) in [6, 6.07) is 25.9. The molecule has 0 radical (unpaired) electrons. The lowest BCUT2D eigenvalue weighted by atomic mass is 10.1. The molecule has 0 fully saturated rings. The van der Waals surface area contributed by atoms with Crippen LogP contribution in [0.25, 0.3) is 0 Å². The number of hydrogen-bond donors (Lipinski definition) is 5. The molecule has 4 aromatic carbocycles. The molecule has 252 valence electrons. The van der Waals surface area contributed by atoms with E-state index in [1.54, 1.807) is 31.3 Å². The summed E-state index contributed by atoms with van der Waals surface area (Å²) in [4.78, 5) is 15.7. The van der Waals surface area contributed by atoms with Crippen molar-refractivity contribution in [3.05, 3.63) is 108 Å². The largest absolute Gasteiger partial charge is 0.369 e.